The summed E-state index contributed by atoms with van der Waals surface area (Å²) in [6, 6.07) is 16.3. The van der Waals surface area contributed by atoms with Crippen molar-refractivity contribution in [2.45, 2.75) is 6.54 Å². The molecule has 0 radical (unpaired) electrons. The summed E-state index contributed by atoms with van der Waals surface area (Å²) in [5.74, 6) is -0.631. The van der Waals surface area contributed by atoms with Crippen LogP contribution in [0.15, 0.2) is 70.0 Å². The molecule has 4 rings (SSSR count). The second-order valence-electron chi connectivity index (χ2n) is 7.10. The standard InChI is InChI=1S/C24H13BrCl3NO4S/c25-17-9-13(2-8-20(17)33-23(31)15-3-5-16(26)6-4-15)11-21-22(30)29(24(32)34-21)12-14-1-7-18(27)19(28)10-14/h1-11H,12H2/b21-11-. The van der Waals surface area contributed by atoms with E-state index in [-0.39, 0.29) is 16.7 Å². The highest BCUT2D eigenvalue weighted by Gasteiger charge is 2.35. The number of ether oxygens (including phenoxy) is 1. The molecule has 0 aliphatic carbocycles. The summed E-state index contributed by atoms with van der Waals surface area (Å²) < 4.78 is 5.94. The molecule has 1 saturated heterocycles. The van der Waals surface area contributed by atoms with E-state index in [1.54, 1.807) is 66.7 Å². The predicted octanol–water partition coefficient (Wildman–Crippen LogP) is 7.87. The monoisotopic (exact) mass is 595 g/mol. The zero-order chi connectivity index (χ0) is 24.4. The van der Waals surface area contributed by atoms with Crippen LogP contribution in [0.5, 0.6) is 5.75 Å². The van der Waals surface area contributed by atoms with E-state index >= 15 is 0 Å². The fourth-order valence-electron chi connectivity index (χ4n) is 3.04. The van der Waals surface area contributed by atoms with Crippen molar-refractivity contribution in [3.8, 4) is 5.75 Å². The maximum Gasteiger partial charge on any atom is 0.343 e. The Balaban J connectivity index is 1.48. The van der Waals surface area contributed by atoms with Gasteiger partial charge in [0.1, 0.15) is 5.75 Å². The zero-order valence-corrected chi connectivity index (χ0v) is 21.7. The molecule has 0 bridgehead atoms. The number of amides is 2. The third-order valence-corrected chi connectivity index (χ3v) is 7.25. The van der Waals surface area contributed by atoms with Gasteiger partial charge in [-0.2, -0.15) is 0 Å². The van der Waals surface area contributed by atoms with Crippen molar-refractivity contribution in [2.75, 3.05) is 0 Å². The molecule has 34 heavy (non-hydrogen) atoms. The number of hydrogen-bond acceptors (Lipinski definition) is 5. The van der Waals surface area contributed by atoms with Crippen molar-refractivity contribution >= 4 is 85.7 Å². The molecule has 0 aromatic heterocycles. The molecule has 3 aromatic carbocycles. The number of hydrogen-bond donors (Lipinski definition) is 0. The Morgan fingerprint density at radius 3 is 2.38 bits per heavy atom. The van der Waals surface area contributed by atoms with Gasteiger partial charge in [-0.1, -0.05) is 46.9 Å². The quantitative estimate of drug-likeness (QED) is 0.170. The molecular weight excluding hydrogens is 585 g/mol. The van der Waals surface area contributed by atoms with Crippen LogP contribution >= 0.6 is 62.5 Å². The highest BCUT2D eigenvalue weighted by atomic mass is 79.9. The van der Waals surface area contributed by atoms with Crippen LogP contribution < -0.4 is 4.74 Å². The lowest BCUT2D eigenvalue weighted by atomic mass is 10.2. The van der Waals surface area contributed by atoms with Crippen molar-refractivity contribution in [1.82, 2.24) is 4.90 Å². The maximum absolute atomic E-state index is 12.8. The van der Waals surface area contributed by atoms with E-state index in [0.717, 1.165) is 16.7 Å². The molecule has 3 aromatic rings. The molecule has 10 heteroatoms. The van der Waals surface area contributed by atoms with Gasteiger partial charge < -0.3 is 4.74 Å². The second-order valence-corrected chi connectivity index (χ2v) is 10.2. The van der Waals surface area contributed by atoms with Gasteiger partial charge in [-0.15, -0.1) is 0 Å². The molecule has 0 unspecified atom stereocenters. The molecule has 0 saturated carbocycles. The fraction of sp³-hybridized carbons (Fsp3) is 0.0417. The number of halogens is 4. The first-order valence-corrected chi connectivity index (χ1v) is 12.4. The SMILES string of the molecule is O=C(Oc1ccc(/C=C2\SC(=O)N(Cc3ccc(Cl)c(Cl)c3)C2=O)cc1Br)c1ccc(Cl)cc1. The summed E-state index contributed by atoms with van der Waals surface area (Å²) in [6.07, 6.45) is 1.61. The van der Waals surface area contributed by atoms with Crippen LogP contribution in [0.1, 0.15) is 21.5 Å². The van der Waals surface area contributed by atoms with E-state index in [2.05, 4.69) is 15.9 Å². The first-order valence-electron chi connectivity index (χ1n) is 9.68. The minimum atomic E-state index is -0.534. The molecule has 1 heterocycles. The van der Waals surface area contributed by atoms with E-state index in [1.807, 2.05) is 0 Å². The van der Waals surface area contributed by atoms with Gasteiger partial charge in [0.15, 0.2) is 0 Å². The van der Waals surface area contributed by atoms with Crippen molar-refractivity contribution in [3.05, 3.63) is 102 Å². The molecular formula is C24H13BrCl3NO4S. The van der Waals surface area contributed by atoms with E-state index in [0.29, 0.717) is 42.0 Å². The van der Waals surface area contributed by atoms with E-state index in [9.17, 15) is 14.4 Å². The molecule has 0 atom stereocenters. The number of benzene rings is 3. The minimum Gasteiger partial charge on any atom is -0.422 e. The number of esters is 1. The summed E-state index contributed by atoms with van der Waals surface area (Å²) in [5, 5.41) is 0.883. The van der Waals surface area contributed by atoms with Crippen LogP contribution in [0.2, 0.25) is 15.1 Å². The van der Waals surface area contributed by atoms with Gasteiger partial charge in [-0.05, 0) is 93.4 Å². The number of imide groups is 1. The second kappa shape index (κ2) is 10.5. The summed E-state index contributed by atoms with van der Waals surface area (Å²) in [5.41, 5.74) is 1.70. The van der Waals surface area contributed by atoms with E-state index in [4.69, 9.17) is 39.5 Å². The predicted molar refractivity (Wildman–Crippen MR) is 139 cm³/mol. The first-order chi connectivity index (χ1) is 16.2. The Bertz CT molecular complexity index is 1340. The smallest absolute Gasteiger partial charge is 0.343 e. The summed E-state index contributed by atoms with van der Waals surface area (Å²) in [6.45, 7) is 0.0855. The summed E-state index contributed by atoms with van der Waals surface area (Å²) in [4.78, 5) is 39.0. The van der Waals surface area contributed by atoms with Crippen LogP contribution in [0.25, 0.3) is 6.08 Å². The third-order valence-electron chi connectivity index (χ3n) is 4.73. The fourth-order valence-corrected chi connectivity index (χ4v) is 4.81. The van der Waals surface area contributed by atoms with Crippen LogP contribution in [0, 0.1) is 0 Å². The lowest BCUT2D eigenvalue weighted by Gasteiger charge is -2.13. The molecule has 1 fully saturated rings. The molecule has 0 N–H and O–H groups in total. The molecule has 5 nitrogen and oxygen atoms in total. The van der Waals surface area contributed by atoms with Crippen LogP contribution in [-0.2, 0) is 11.3 Å². The third kappa shape index (κ3) is 5.67. The van der Waals surface area contributed by atoms with Crippen molar-refractivity contribution in [1.29, 1.82) is 0 Å². The lowest BCUT2D eigenvalue weighted by Crippen LogP contribution is -2.27. The minimum absolute atomic E-state index is 0.0855. The molecule has 2 amide bonds. The average molecular weight is 598 g/mol. The van der Waals surface area contributed by atoms with Crippen molar-refractivity contribution in [2.24, 2.45) is 0 Å². The Kier molecular flexibility index (Phi) is 7.70. The van der Waals surface area contributed by atoms with Crippen molar-refractivity contribution < 1.29 is 19.1 Å². The summed E-state index contributed by atoms with van der Waals surface area (Å²) in [7, 11) is 0. The normalized spacial score (nSPS) is 14.7. The highest BCUT2D eigenvalue weighted by molar-refractivity contribution is 9.10. The number of nitrogens with zero attached hydrogens (tertiary/aromatic N) is 1. The van der Waals surface area contributed by atoms with Gasteiger partial charge >= 0.3 is 5.97 Å². The Morgan fingerprint density at radius 2 is 1.71 bits per heavy atom. The Morgan fingerprint density at radius 1 is 0.971 bits per heavy atom. The highest BCUT2D eigenvalue weighted by Crippen LogP contribution is 2.35. The van der Waals surface area contributed by atoms with Crippen LogP contribution in [0.4, 0.5) is 4.79 Å². The lowest BCUT2D eigenvalue weighted by molar-refractivity contribution is -0.123. The molecule has 1 aliphatic heterocycles. The molecule has 1 aliphatic rings. The molecule has 0 spiro atoms. The number of rotatable bonds is 5. The van der Waals surface area contributed by atoms with Gasteiger partial charge in [0, 0.05) is 5.02 Å². The number of carbonyl (C=O) groups excluding carboxylic acids is 3. The van der Waals surface area contributed by atoms with E-state index in [1.165, 1.54) is 0 Å². The summed E-state index contributed by atoms with van der Waals surface area (Å²) >= 11 is 22.0. The van der Waals surface area contributed by atoms with Gasteiger partial charge in [0.25, 0.3) is 11.1 Å². The maximum atomic E-state index is 12.8. The van der Waals surface area contributed by atoms with E-state index < -0.39 is 11.9 Å². The van der Waals surface area contributed by atoms with Crippen LogP contribution in [0.3, 0.4) is 0 Å². The topological polar surface area (TPSA) is 63.7 Å². The van der Waals surface area contributed by atoms with Crippen molar-refractivity contribution in [3.63, 3.8) is 0 Å². The van der Waals surface area contributed by atoms with Crippen LogP contribution in [-0.4, -0.2) is 22.0 Å². The number of thioether (sulfide) groups is 1. The van der Waals surface area contributed by atoms with Gasteiger partial charge in [-0.3, -0.25) is 14.5 Å². The Labute approximate surface area is 222 Å². The first kappa shape index (κ1) is 24.8. The molecule has 172 valence electrons. The Hall–Kier alpha value is -2.29. The largest absolute Gasteiger partial charge is 0.422 e. The average Bonchev–Trinajstić information content (AvgIpc) is 3.05. The van der Waals surface area contributed by atoms with Gasteiger partial charge in [-0.25, -0.2) is 4.79 Å². The van der Waals surface area contributed by atoms with Gasteiger partial charge in [0.05, 0.1) is 31.5 Å². The number of carbonyl (C=O) groups is 3. The zero-order valence-electron chi connectivity index (χ0n) is 17.1. The van der Waals surface area contributed by atoms with Gasteiger partial charge in [0.2, 0.25) is 0 Å².